The normalized spacial score (nSPS) is 16.1. The fourth-order valence-corrected chi connectivity index (χ4v) is 5.19. The molecular weight excluding hydrogens is 430 g/mol. The van der Waals surface area contributed by atoms with Crippen molar-refractivity contribution in [1.82, 2.24) is 4.90 Å². The maximum Gasteiger partial charge on any atom is 0.335 e. The molecule has 2 aromatic rings. The number of carbonyl (C=O) groups is 1. The predicted molar refractivity (Wildman–Crippen MR) is 112 cm³/mol. The monoisotopic (exact) mass is 451 g/mol. The number of carboxylic acid groups (broad SMARTS) is 1. The average molecular weight is 452 g/mol. The summed E-state index contributed by atoms with van der Waals surface area (Å²) in [6, 6.07) is 8.95. The molecule has 9 nitrogen and oxygen atoms in total. The first-order valence-electron chi connectivity index (χ1n) is 9.01. The molecule has 0 atom stereocenters. The molecule has 0 aromatic heterocycles. The lowest BCUT2D eigenvalue weighted by Gasteiger charge is -2.12. The van der Waals surface area contributed by atoms with Crippen molar-refractivity contribution >= 4 is 37.5 Å². The number of nitrogens with zero attached hydrogens (tertiary/aromatic N) is 2. The van der Waals surface area contributed by atoms with E-state index >= 15 is 0 Å². The first-order valence-corrected chi connectivity index (χ1v) is 11.9. The highest BCUT2D eigenvalue weighted by Crippen LogP contribution is 2.22. The van der Waals surface area contributed by atoms with Crippen molar-refractivity contribution in [3.63, 3.8) is 0 Å². The average Bonchev–Trinajstić information content (AvgIpc) is 3.05. The summed E-state index contributed by atoms with van der Waals surface area (Å²) in [4.78, 5) is 12.8. The van der Waals surface area contributed by atoms with Gasteiger partial charge in [-0.05, 0) is 55.3 Å². The van der Waals surface area contributed by atoms with Gasteiger partial charge in [0, 0.05) is 25.7 Å². The molecule has 1 fully saturated rings. The molecule has 0 unspecified atom stereocenters. The van der Waals surface area contributed by atoms with E-state index in [2.05, 4.69) is 9.12 Å². The van der Waals surface area contributed by atoms with Crippen LogP contribution in [0.3, 0.4) is 0 Å². The molecule has 1 saturated heterocycles. The zero-order valence-corrected chi connectivity index (χ0v) is 18.0. The number of rotatable bonds is 6. The van der Waals surface area contributed by atoms with Crippen molar-refractivity contribution in [2.45, 2.75) is 29.6 Å². The lowest BCUT2D eigenvalue weighted by Crippen LogP contribution is -2.20. The summed E-state index contributed by atoms with van der Waals surface area (Å²) in [5.41, 5.74) is 0.456. The SMILES string of the molecule is Cc1ccc(S(=O)(=O)Nc2ccc(S(=O)(=O)N=C3CCCN3C)cc2)cc1C(=O)O. The van der Waals surface area contributed by atoms with Crippen LogP contribution >= 0.6 is 0 Å². The topological polar surface area (TPSA) is 133 Å². The van der Waals surface area contributed by atoms with E-state index in [4.69, 9.17) is 0 Å². The van der Waals surface area contributed by atoms with Gasteiger partial charge < -0.3 is 10.0 Å². The van der Waals surface area contributed by atoms with Crippen LogP contribution in [0.25, 0.3) is 0 Å². The first-order chi connectivity index (χ1) is 14.0. The molecule has 1 aliphatic heterocycles. The van der Waals surface area contributed by atoms with Gasteiger partial charge in [0.1, 0.15) is 5.84 Å². The third-order valence-electron chi connectivity index (χ3n) is 4.71. The number of amidine groups is 1. The van der Waals surface area contributed by atoms with Crippen LogP contribution in [-0.4, -0.2) is 52.2 Å². The second-order valence-corrected chi connectivity index (χ2v) is 10.2. The highest BCUT2D eigenvalue weighted by Gasteiger charge is 2.21. The Balaban J connectivity index is 1.83. The van der Waals surface area contributed by atoms with Crippen molar-refractivity contribution in [3.8, 4) is 0 Å². The standard InChI is InChI=1S/C19H21N3O6S2/c1-13-5-8-16(12-17(13)19(23)24)30(27,28)20-14-6-9-15(10-7-14)29(25,26)21-18-4-3-11-22(18)2/h5-10,12,20H,3-4,11H2,1-2H3,(H,23,24). The summed E-state index contributed by atoms with van der Waals surface area (Å²) in [6.45, 7) is 2.32. The maximum atomic E-state index is 12.6. The van der Waals surface area contributed by atoms with Crippen molar-refractivity contribution in [1.29, 1.82) is 0 Å². The molecule has 2 N–H and O–H groups in total. The Morgan fingerprint density at radius 1 is 1.07 bits per heavy atom. The summed E-state index contributed by atoms with van der Waals surface area (Å²) in [5.74, 6) is -0.734. The number of benzene rings is 2. The van der Waals surface area contributed by atoms with Gasteiger partial charge in [0.15, 0.2) is 0 Å². The third-order valence-corrected chi connectivity index (χ3v) is 7.41. The molecule has 0 amide bonds. The number of aromatic carboxylic acids is 1. The van der Waals surface area contributed by atoms with Gasteiger partial charge in [0.25, 0.3) is 20.0 Å². The number of sulfonamides is 2. The minimum Gasteiger partial charge on any atom is -0.478 e. The van der Waals surface area contributed by atoms with Crippen LogP contribution < -0.4 is 4.72 Å². The third kappa shape index (κ3) is 4.62. The summed E-state index contributed by atoms with van der Waals surface area (Å²) in [5, 5.41) is 9.18. The summed E-state index contributed by atoms with van der Waals surface area (Å²) in [7, 11) is -6.18. The van der Waals surface area contributed by atoms with Crippen molar-refractivity contribution in [3.05, 3.63) is 53.6 Å². The molecule has 3 rings (SSSR count). The van der Waals surface area contributed by atoms with Gasteiger partial charge >= 0.3 is 5.97 Å². The molecular formula is C19H21N3O6S2. The molecule has 2 aromatic carbocycles. The van der Waals surface area contributed by atoms with E-state index in [-0.39, 0.29) is 21.0 Å². The molecule has 0 aliphatic carbocycles. The second-order valence-electron chi connectivity index (χ2n) is 6.92. The Kier molecular flexibility index (Phi) is 5.86. The number of hydrogen-bond donors (Lipinski definition) is 2. The van der Waals surface area contributed by atoms with Crippen molar-refractivity contribution in [2.75, 3.05) is 18.3 Å². The van der Waals surface area contributed by atoms with E-state index < -0.39 is 26.0 Å². The van der Waals surface area contributed by atoms with Gasteiger partial charge in [-0.25, -0.2) is 13.2 Å². The van der Waals surface area contributed by atoms with Crippen LogP contribution in [0.15, 0.2) is 56.7 Å². The van der Waals surface area contributed by atoms with Gasteiger partial charge in [0.2, 0.25) is 0 Å². The Morgan fingerprint density at radius 3 is 2.27 bits per heavy atom. The molecule has 0 radical (unpaired) electrons. The molecule has 1 heterocycles. The van der Waals surface area contributed by atoms with Crippen molar-refractivity contribution < 1.29 is 26.7 Å². The summed E-state index contributed by atoms with van der Waals surface area (Å²) < 4.78 is 56.3. The molecule has 30 heavy (non-hydrogen) atoms. The van der Waals surface area contributed by atoms with Crippen LogP contribution in [0, 0.1) is 6.92 Å². The van der Waals surface area contributed by atoms with Gasteiger partial charge in [-0.1, -0.05) is 6.07 Å². The van der Waals surface area contributed by atoms with Gasteiger partial charge in [-0.15, -0.1) is 4.40 Å². The van der Waals surface area contributed by atoms with Crippen LogP contribution in [-0.2, 0) is 20.0 Å². The van der Waals surface area contributed by atoms with Crippen LogP contribution in [0.2, 0.25) is 0 Å². The van der Waals surface area contributed by atoms with E-state index in [0.717, 1.165) is 19.0 Å². The Bertz CT molecular complexity index is 1220. The minimum atomic E-state index is -4.06. The largest absolute Gasteiger partial charge is 0.478 e. The summed E-state index contributed by atoms with van der Waals surface area (Å²) >= 11 is 0. The first kappa shape index (κ1) is 21.8. The zero-order chi connectivity index (χ0) is 22.1. The van der Waals surface area contributed by atoms with E-state index in [0.29, 0.717) is 17.8 Å². The lowest BCUT2D eigenvalue weighted by molar-refractivity contribution is 0.0696. The number of anilines is 1. The Labute approximate surface area is 175 Å². The molecule has 160 valence electrons. The zero-order valence-electron chi connectivity index (χ0n) is 16.4. The van der Waals surface area contributed by atoms with E-state index in [9.17, 15) is 26.7 Å². The minimum absolute atomic E-state index is 0.0539. The Hall–Kier alpha value is -2.92. The smallest absolute Gasteiger partial charge is 0.335 e. The number of carboxylic acids is 1. The number of nitrogens with one attached hydrogen (secondary N) is 1. The van der Waals surface area contributed by atoms with Gasteiger partial charge in [-0.2, -0.15) is 8.42 Å². The fraction of sp³-hybridized carbons (Fsp3) is 0.263. The van der Waals surface area contributed by atoms with E-state index in [1.165, 1.54) is 36.4 Å². The molecule has 1 aliphatic rings. The van der Waals surface area contributed by atoms with Crippen LogP contribution in [0.4, 0.5) is 5.69 Å². The van der Waals surface area contributed by atoms with Crippen LogP contribution in [0.1, 0.15) is 28.8 Å². The molecule has 0 spiro atoms. The highest BCUT2D eigenvalue weighted by atomic mass is 32.2. The second kappa shape index (κ2) is 8.07. The van der Waals surface area contributed by atoms with E-state index in [1.807, 2.05) is 0 Å². The van der Waals surface area contributed by atoms with Gasteiger partial charge in [-0.3, -0.25) is 4.72 Å². The fourth-order valence-electron chi connectivity index (χ4n) is 3.01. The number of hydrogen-bond acceptors (Lipinski definition) is 5. The number of aryl methyl sites for hydroxylation is 1. The molecule has 0 bridgehead atoms. The van der Waals surface area contributed by atoms with E-state index in [1.54, 1.807) is 18.9 Å². The lowest BCUT2D eigenvalue weighted by atomic mass is 10.1. The Morgan fingerprint density at radius 2 is 1.70 bits per heavy atom. The van der Waals surface area contributed by atoms with Crippen molar-refractivity contribution in [2.24, 2.45) is 4.40 Å². The van der Waals surface area contributed by atoms with Gasteiger partial charge in [0.05, 0.1) is 15.4 Å². The quantitative estimate of drug-likeness (QED) is 0.688. The molecule has 11 heteroatoms. The number of likely N-dealkylation sites (tertiary alicyclic amines) is 1. The predicted octanol–water partition coefficient (Wildman–Crippen LogP) is 2.31. The maximum absolute atomic E-state index is 12.6. The van der Waals surface area contributed by atoms with Crippen LogP contribution in [0.5, 0.6) is 0 Å². The molecule has 0 saturated carbocycles. The summed E-state index contributed by atoms with van der Waals surface area (Å²) in [6.07, 6.45) is 1.43. The highest BCUT2D eigenvalue weighted by molar-refractivity contribution is 7.92.